The van der Waals surface area contributed by atoms with Crippen LogP contribution in [0.25, 0.3) is 0 Å². The topological polar surface area (TPSA) is 44.3 Å². The summed E-state index contributed by atoms with van der Waals surface area (Å²) in [5.74, 6) is 0.717. The Hall–Kier alpha value is -1.69. The lowest BCUT2D eigenvalue weighted by molar-refractivity contribution is 0.148. The maximum Gasteiger partial charge on any atom is 0.224 e. The zero-order valence-electron chi connectivity index (χ0n) is 13.6. The van der Waals surface area contributed by atoms with Crippen LogP contribution in [-0.4, -0.2) is 53.0 Å². The van der Waals surface area contributed by atoms with Crippen LogP contribution in [0.4, 0.5) is 11.5 Å². The third-order valence-corrected chi connectivity index (χ3v) is 4.22. The molecule has 2 heterocycles. The van der Waals surface area contributed by atoms with Gasteiger partial charge in [-0.05, 0) is 43.3 Å². The van der Waals surface area contributed by atoms with Crippen molar-refractivity contribution in [1.82, 2.24) is 19.8 Å². The molecule has 1 aromatic heterocycles. The number of hydrogen-bond donors (Lipinski definition) is 1. The lowest BCUT2D eigenvalue weighted by Gasteiger charge is -2.32. The minimum atomic E-state index is 0.263. The predicted octanol–water partition coefficient (Wildman–Crippen LogP) is 2.93. The third kappa shape index (κ3) is 4.64. The summed E-state index contributed by atoms with van der Waals surface area (Å²) >= 11 is 5.89. The van der Waals surface area contributed by atoms with Crippen LogP contribution in [0.1, 0.15) is 11.3 Å². The minimum absolute atomic E-state index is 0.263. The number of likely N-dealkylation sites (N-methyl/N-ethyl adjacent to an activating group) is 1. The van der Waals surface area contributed by atoms with Gasteiger partial charge in [0.05, 0.1) is 0 Å². The molecule has 1 aliphatic heterocycles. The van der Waals surface area contributed by atoms with Crippen molar-refractivity contribution in [1.29, 1.82) is 0 Å². The number of rotatable bonds is 4. The first-order valence-corrected chi connectivity index (χ1v) is 8.24. The highest BCUT2D eigenvalue weighted by Crippen LogP contribution is 2.18. The quantitative estimate of drug-likeness (QED) is 0.873. The van der Waals surface area contributed by atoms with Gasteiger partial charge in [0.1, 0.15) is 5.82 Å². The zero-order chi connectivity index (χ0) is 16.2. The van der Waals surface area contributed by atoms with Gasteiger partial charge in [-0.3, -0.25) is 4.90 Å². The van der Waals surface area contributed by atoms with Gasteiger partial charge in [0.15, 0.2) is 0 Å². The molecule has 0 radical (unpaired) electrons. The van der Waals surface area contributed by atoms with E-state index in [4.69, 9.17) is 11.6 Å². The highest BCUT2D eigenvalue weighted by Gasteiger charge is 2.13. The number of benzene rings is 1. The zero-order valence-corrected chi connectivity index (χ0v) is 14.3. The van der Waals surface area contributed by atoms with Gasteiger partial charge in [-0.1, -0.05) is 12.1 Å². The first-order valence-electron chi connectivity index (χ1n) is 7.86. The Morgan fingerprint density at radius 1 is 1.09 bits per heavy atom. The summed E-state index contributed by atoms with van der Waals surface area (Å²) in [6.45, 7) is 7.47. The smallest absolute Gasteiger partial charge is 0.224 e. The number of nitrogens with zero attached hydrogens (tertiary/aromatic N) is 4. The monoisotopic (exact) mass is 331 g/mol. The molecule has 2 aromatic rings. The summed E-state index contributed by atoms with van der Waals surface area (Å²) in [4.78, 5) is 13.1. The van der Waals surface area contributed by atoms with E-state index in [-0.39, 0.29) is 5.28 Å². The van der Waals surface area contributed by atoms with Gasteiger partial charge < -0.3 is 10.2 Å². The molecule has 122 valence electrons. The molecule has 5 nitrogen and oxygen atoms in total. The summed E-state index contributed by atoms with van der Waals surface area (Å²) in [5, 5.41) is 3.53. The van der Waals surface area contributed by atoms with Crippen LogP contribution in [-0.2, 0) is 6.54 Å². The van der Waals surface area contributed by atoms with E-state index in [1.54, 1.807) is 0 Å². The predicted molar refractivity (Wildman–Crippen MR) is 94.3 cm³/mol. The second-order valence-corrected chi connectivity index (χ2v) is 6.40. The van der Waals surface area contributed by atoms with Gasteiger partial charge in [0, 0.05) is 50.2 Å². The Labute approximate surface area is 142 Å². The van der Waals surface area contributed by atoms with Crippen molar-refractivity contribution in [3.05, 3.63) is 46.9 Å². The normalized spacial score (nSPS) is 16.5. The molecular formula is C17H22ClN5. The summed E-state index contributed by atoms with van der Waals surface area (Å²) in [6, 6.07) is 10.4. The van der Waals surface area contributed by atoms with Crippen molar-refractivity contribution in [2.45, 2.75) is 13.5 Å². The Morgan fingerprint density at radius 3 is 2.43 bits per heavy atom. The van der Waals surface area contributed by atoms with Crippen molar-refractivity contribution in [2.75, 3.05) is 38.5 Å². The summed E-state index contributed by atoms with van der Waals surface area (Å²) in [7, 11) is 2.18. The molecule has 0 unspecified atom stereocenters. The van der Waals surface area contributed by atoms with E-state index < -0.39 is 0 Å². The Morgan fingerprint density at radius 2 is 1.78 bits per heavy atom. The van der Waals surface area contributed by atoms with Crippen molar-refractivity contribution < 1.29 is 0 Å². The SMILES string of the molecule is Cc1cc(Nc2ccc(CN3CCN(C)CC3)cc2)nc(Cl)n1. The fourth-order valence-corrected chi connectivity index (χ4v) is 2.93. The third-order valence-electron chi connectivity index (χ3n) is 4.06. The number of piperazine rings is 1. The molecule has 23 heavy (non-hydrogen) atoms. The average molecular weight is 332 g/mol. The minimum Gasteiger partial charge on any atom is -0.340 e. The lowest BCUT2D eigenvalue weighted by Crippen LogP contribution is -2.43. The molecule has 3 rings (SSSR count). The van der Waals surface area contributed by atoms with Crippen molar-refractivity contribution >= 4 is 23.1 Å². The van der Waals surface area contributed by atoms with Crippen LogP contribution in [0.15, 0.2) is 30.3 Å². The molecule has 1 fully saturated rings. The van der Waals surface area contributed by atoms with Gasteiger partial charge in [-0.25, -0.2) is 9.97 Å². The van der Waals surface area contributed by atoms with E-state index in [2.05, 4.69) is 56.4 Å². The van der Waals surface area contributed by atoms with Crippen molar-refractivity contribution in [3.63, 3.8) is 0 Å². The standard InChI is InChI=1S/C17H22ClN5/c1-13-11-16(21-17(18)19-13)20-15-5-3-14(4-6-15)12-23-9-7-22(2)8-10-23/h3-6,11H,7-10,12H2,1-2H3,(H,19,20,21). The second kappa shape index (κ2) is 7.25. The molecular weight excluding hydrogens is 310 g/mol. The molecule has 0 atom stereocenters. The average Bonchev–Trinajstić information content (AvgIpc) is 2.50. The molecule has 0 amide bonds. The number of aryl methyl sites for hydroxylation is 1. The van der Waals surface area contributed by atoms with Gasteiger partial charge in [0.25, 0.3) is 0 Å². The number of hydrogen-bond acceptors (Lipinski definition) is 5. The number of nitrogens with one attached hydrogen (secondary N) is 1. The van der Waals surface area contributed by atoms with E-state index >= 15 is 0 Å². The van der Waals surface area contributed by atoms with Crippen molar-refractivity contribution in [2.24, 2.45) is 0 Å². The molecule has 0 spiro atoms. The Balaban J connectivity index is 1.60. The molecule has 1 N–H and O–H groups in total. The summed E-state index contributed by atoms with van der Waals surface area (Å²) in [5.41, 5.74) is 3.18. The maximum absolute atomic E-state index is 5.89. The van der Waals surface area contributed by atoms with Gasteiger partial charge in [-0.15, -0.1) is 0 Å². The highest BCUT2D eigenvalue weighted by atomic mass is 35.5. The second-order valence-electron chi connectivity index (χ2n) is 6.06. The van der Waals surface area contributed by atoms with E-state index in [1.807, 2.05) is 13.0 Å². The molecule has 0 saturated carbocycles. The van der Waals surface area contributed by atoms with Gasteiger partial charge in [-0.2, -0.15) is 0 Å². The fraction of sp³-hybridized carbons (Fsp3) is 0.412. The van der Waals surface area contributed by atoms with E-state index in [0.29, 0.717) is 5.82 Å². The van der Waals surface area contributed by atoms with Crippen LogP contribution in [0, 0.1) is 6.92 Å². The van der Waals surface area contributed by atoms with E-state index in [9.17, 15) is 0 Å². The van der Waals surface area contributed by atoms with Gasteiger partial charge >= 0.3 is 0 Å². The largest absolute Gasteiger partial charge is 0.340 e. The molecule has 6 heteroatoms. The summed E-state index contributed by atoms with van der Waals surface area (Å²) in [6.07, 6.45) is 0. The highest BCUT2D eigenvalue weighted by molar-refractivity contribution is 6.28. The summed E-state index contributed by atoms with van der Waals surface area (Å²) < 4.78 is 0. The number of aromatic nitrogens is 2. The Bertz CT molecular complexity index is 630. The molecule has 0 aliphatic carbocycles. The molecule has 0 bridgehead atoms. The first kappa shape index (κ1) is 16.2. The van der Waals surface area contributed by atoms with Crippen LogP contribution < -0.4 is 5.32 Å². The van der Waals surface area contributed by atoms with Crippen LogP contribution in [0.2, 0.25) is 5.28 Å². The van der Waals surface area contributed by atoms with Crippen LogP contribution in [0.5, 0.6) is 0 Å². The maximum atomic E-state index is 5.89. The van der Waals surface area contributed by atoms with E-state index in [1.165, 1.54) is 5.56 Å². The van der Waals surface area contributed by atoms with Crippen LogP contribution >= 0.6 is 11.6 Å². The molecule has 1 aliphatic rings. The molecule has 1 aromatic carbocycles. The number of halogens is 1. The fourth-order valence-electron chi connectivity index (χ4n) is 2.70. The first-order chi connectivity index (χ1) is 11.1. The molecule has 1 saturated heterocycles. The van der Waals surface area contributed by atoms with Crippen LogP contribution in [0.3, 0.4) is 0 Å². The van der Waals surface area contributed by atoms with Crippen molar-refractivity contribution in [3.8, 4) is 0 Å². The Kier molecular flexibility index (Phi) is 5.10. The van der Waals surface area contributed by atoms with Gasteiger partial charge in [0.2, 0.25) is 5.28 Å². The number of anilines is 2. The van der Waals surface area contributed by atoms with E-state index in [0.717, 1.165) is 44.1 Å². The lowest BCUT2D eigenvalue weighted by atomic mass is 10.2.